The van der Waals surface area contributed by atoms with Crippen LogP contribution in [0.25, 0.3) is 0 Å². The number of rotatable bonds is 5. The monoisotopic (exact) mass is 275 g/mol. The van der Waals surface area contributed by atoms with Crippen LogP contribution in [0.1, 0.15) is 41.0 Å². The molecule has 1 aliphatic rings. The third kappa shape index (κ3) is 4.14. The molecule has 106 valence electrons. The van der Waals surface area contributed by atoms with Crippen LogP contribution >= 0.6 is 11.8 Å². The van der Waals surface area contributed by atoms with Crippen molar-refractivity contribution in [2.45, 2.75) is 63.5 Å². The summed E-state index contributed by atoms with van der Waals surface area (Å²) in [5, 5.41) is 0.355. The van der Waals surface area contributed by atoms with Gasteiger partial charge in [-0.25, -0.2) is 0 Å². The zero-order valence-electron chi connectivity index (χ0n) is 12.0. The highest BCUT2D eigenvalue weighted by molar-refractivity contribution is 8.00. The van der Waals surface area contributed by atoms with E-state index in [9.17, 15) is 4.79 Å². The van der Waals surface area contributed by atoms with Gasteiger partial charge in [-0.2, -0.15) is 11.8 Å². The molecule has 2 unspecified atom stereocenters. The predicted molar refractivity (Wildman–Crippen MR) is 74.7 cm³/mol. The van der Waals surface area contributed by atoms with Crippen molar-refractivity contribution in [3.05, 3.63) is 0 Å². The third-order valence-electron chi connectivity index (χ3n) is 3.06. The second-order valence-electron chi connectivity index (χ2n) is 5.85. The van der Waals surface area contributed by atoms with Gasteiger partial charge in [0.25, 0.3) is 0 Å². The van der Waals surface area contributed by atoms with Crippen LogP contribution in [0.2, 0.25) is 0 Å². The normalized spacial score (nSPS) is 26.9. The van der Waals surface area contributed by atoms with E-state index in [0.717, 1.165) is 6.42 Å². The molecule has 2 atom stereocenters. The first kappa shape index (κ1) is 15.8. The topological polar surface area (TPSA) is 61.5 Å². The van der Waals surface area contributed by atoms with Crippen molar-refractivity contribution in [3.8, 4) is 0 Å². The van der Waals surface area contributed by atoms with Crippen molar-refractivity contribution in [1.29, 1.82) is 0 Å². The maximum absolute atomic E-state index is 11.4. The van der Waals surface area contributed by atoms with Crippen LogP contribution in [0.3, 0.4) is 0 Å². The SMILES string of the molecule is CCOC(=O)C(N)CSC1CC(C)(C)OC1(C)C. The molecule has 0 aromatic carbocycles. The van der Waals surface area contributed by atoms with Gasteiger partial charge >= 0.3 is 5.97 Å². The molecular weight excluding hydrogens is 250 g/mol. The highest BCUT2D eigenvalue weighted by Crippen LogP contribution is 2.43. The van der Waals surface area contributed by atoms with Crippen LogP contribution in [0, 0.1) is 0 Å². The minimum atomic E-state index is -0.547. The zero-order chi connectivity index (χ0) is 14.0. The number of nitrogens with two attached hydrogens (primary N) is 1. The third-order valence-corrected chi connectivity index (χ3v) is 4.75. The fourth-order valence-corrected chi connectivity index (χ4v) is 3.85. The quantitative estimate of drug-likeness (QED) is 0.777. The Kier molecular flexibility index (Phi) is 5.09. The van der Waals surface area contributed by atoms with Crippen molar-refractivity contribution in [1.82, 2.24) is 0 Å². The molecule has 1 fully saturated rings. The summed E-state index contributed by atoms with van der Waals surface area (Å²) < 4.78 is 10.9. The first-order valence-corrected chi connectivity index (χ1v) is 7.47. The number of hydrogen-bond acceptors (Lipinski definition) is 5. The molecule has 1 rings (SSSR count). The van der Waals surface area contributed by atoms with Crippen molar-refractivity contribution < 1.29 is 14.3 Å². The van der Waals surface area contributed by atoms with Gasteiger partial charge in [0.2, 0.25) is 0 Å². The van der Waals surface area contributed by atoms with Crippen LogP contribution in [-0.2, 0) is 14.3 Å². The molecule has 0 amide bonds. The first-order valence-electron chi connectivity index (χ1n) is 6.42. The molecule has 1 heterocycles. The van der Waals surface area contributed by atoms with Gasteiger partial charge in [0, 0.05) is 11.0 Å². The Hall–Kier alpha value is -0.260. The van der Waals surface area contributed by atoms with E-state index in [1.807, 2.05) is 0 Å². The van der Waals surface area contributed by atoms with Gasteiger partial charge in [-0.15, -0.1) is 0 Å². The Bertz CT molecular complexity index is 305. The number of thioether (sulfide) groups is 1. The second kappa shape index (κ2) is 5.80. The van der Waals surface area contributed by atoms with E-state index in [1.165, 1.54) is 0 Å². The lowest BCUT2D eigenvalue weighted by Gasteiger charge is -2.27. The van der Waals surface area contributed by atoms with E-state index < -0.39 is 6.04 Å². The largest absolute Gasteiger partial charge is 0.465 e. The standard InChI is InChI=1S/C13H25NO3S/c1-6-16-11(15)9(14)8-18-10-7-12(2,3)17-13(10,4)5/h9-10H,6-8,14H2,1-5H3. The maximum Gasteiger partial charge on any atom is 0.323 e. The van der Waals surface area contributed by atoms with Crippen LogP contribution < -0.4 is 5.73 Å². The van der Waals surface area contributed by atoms with Crippen molar-refractivity contribution in [2.75, 3.05) is 12.4 Å². The summed E-state index contributed by atoms with van der Waals surface area (Å²) in [5.41, 5.74) is 5.52. The molecule has 2 N–H and O–H groups in total. The lowest BCUT2D eigenvalue weighted by atomic mass is 10.0. The van der Waals surface area contributed by atoms with Crippen LogP contribution in [0.5, 0.6) is 0 Å². The lowest BCUT2D eigenvalue weighted by molar-refractivity contribution is -0.144. The molecule has 1 aliphatic heterocycles. The van der Waals surface area contributed by atoms with Crippen LogP contribution in [0.4, 0.5) is 0 Å². The Labute approximate surface area is 114 Å². The molecule has 0 aromatic heterocycles. The Morgan fingerprint density at radius 2 is 2.11 bits per heavy atom. The molecule has 1 saturated heterocycles. The van der Waals surface area contributed by atoms with E-state index in [1.54, 1.807) is 18.7 Å². The molecule has 0 spiro atoms. The van der Waals surface area contributed by atoms with E-state index in [4.69, 9.17) is 15.2 Å². The number of carbonyl (C=O) groups excluding carboxylic acids is 1. The summed E-state index contributed by atoms with van der Waals surface area (Å²) in [6, 6.07) is -0.547. The van der Waals surface area contributed by atoms with Crippen LogP contribution in [0.15, 0.2) is 0 Å². The van der Waals surface area contributed by atoms with Crippen molar-refractivity contribution in [2.24, 2.45) is 5.73 Å². The molecule has 5 heteroatoms. The number of carbonyl (C=O) groups is 1. The van der Waals surface area contributed by atoms with Crippen molar-refractivity contribution in [3.63, 3.8) is 0 Å². The molecule has 0 saturated carbocycles. The highest BCUT2D eigenvalue weighted by Gasteiger charge is 2.46. The number of hydrogen-bond donors (Lipinski definition) is 1. The average Bonchev–Trinajstić information content (AvgIpc) is 2.43. The molecule has 0 bridgehead atoms. The Morgan fingerprint density at radius 3 is 2.56 bits per heavy atom. The van der Waals surface area contributed by atoms with Gasteiger partial charge in [0.05, 0.1) is 17.8 Å². The van der Waals surface area contributed by atoms with Crippen LogP contribution in [-0.4, -0.2) is 40.8 Å². The minimum absolute atomic E-state index is 0.102. The summed E-state index contributed by atoms with van der Waals surface area (Å²) in [4.78, 5) is 11.4. The lowest BCUT2D eigenvalue weighted by Crippen LogP contribution is -2.37. The molecule has 4 nitrogen and oxygen atoms in total. The van der Waals surface area contributed by atoms with Gasteiger partial charge in [-0.05, 0) is 41.0 Å². The van der Waals surface area contributed by atoms with E-state index >= 15 is 0 Å². The maximum atomic E-state index is 11.4. The first-order chi connectivity index (χ1) is 8.18. The smallest absolute Gasteiger partial charge is 0.323 e. The number of esters is 1. The highest BCUT2D eigenvalue weighted by atomic mass is 32.2. The zero-order valence-corrected chi connectivity index (χ0v) is 12.8. The van der Waals surface area contributed by atoms with Gasteiger partial charge in [0.1, 0.15) is 6.04 Å². The summed E-state index contributed by atoms with van der Waals surface area (Å²) in [6.07, 6.45) is 0.972. The van der Waals surface area contributed by atoms with Crippen molar-refractivity contribution >= 4 is 17.7 Å². The van der Waals surface area contributed by atoms with Gasteiger partial charge < -0.3 is 15.2 Å². The molecule has 0 aromatic rings. The summed E-state index contributed by atoms with van der Waals surface area (Å²) in [6.45, 7) is 10.5. The number of ether oxygens (including phenoxy) is 2. The summed E-state index contributed by atoms with van der Waals surface area (Å²) >= 11 is 1.70. The van der Waals surface area contributed by atoms with E-state index in [0.29, 0.717) is 17.6 Å². The summed E-state index contributed by atoms with van der Waals surface area (Å²) in [7, 11) is 0. The Balaban J connectivity index is 2.46. The average molecular weight is 275 g/mol. The second-order valence-corrected chi connectivity index (χ2v) is 7.09. The summed E-state index contributed by atoms with van der Waals surface area (Å²) in [5.74, 6) is 0.257. The van der Waals surface area contributed by atoms with E-state index in [2.05, 4.69) is 27.7 Å². The molecule has 0 aliphatic carbocycles. The predicted octanol–water partition coefficient (Wildman–Crippen LogP) is 1.96. The van der Waals surface area contributed by atoms with Gasteiger partial charge in [-0.1, -0.05) is 0 Å². The molecule has 0 radical (unpaired) electrons. The fraction of sp³-hybridized carbons (Fsp3) is 0.923. The van der Waals surface area contributed by atoms with Gasteiger partial charge in [-0.3, -0.25) is 4.79 Å². The van der Waals surface area contributed by atoms with Gasteiger partial charge in [0.15, 0.2) is 0 Å². The molecule has 18 heavy (non-hydrogen) atoms. The minimum Gasteiger partial charge on any atom is -0.465 e. The van der Waals surface area contributed by atoms with E-state index in [-0.39, 0.29) is 17.2 Å². The Morgan fingerprint density at radius 1 is 1.50 bits per heavy atom. The molecular formula is C13H25NO3S. The fourth-order valence-electron chi connectivity index (χ4n) is 2.31.